The highest BCUT2D eigenvalue weighted by Gasteiger charge is 2.32. The number of carbonyl (C=O) groups is 1. The van der Waals surface area contributed by atoms with Gasteiger partial charge in [0, 0.05) is 11.3 Å². The van der Waals surface area contributed by atoms with Crippen molar-refractivity contribution in [3.8, 4) is 5.75 Å². The van der Waals surface area contributed by atoms with E-state index in [1.165, 1.54) is 24.0 Å². The Morgan fingerprint density at radius 3 is 2.44 bits per heavy atom. The van der Waals surface area contributed by atoms with Crippen molar-refractivity contribution < 1.29 is 14.3 Å². The molecule has 27 heavy (non-hydrogen) atoms. The summed E-state index contributed by atoms with van der Waals surface area (Å²) < 4.78 is 11.5. The van der Waals surface area contributed by atoms with Gasteiger partial charge in [-0.3, -0.25) is 0 Å². The van der Waals surface area contributed by atoms with Crippen LogP contribution < -0.4 is 9.64 Å². The molecular formula is C23H27NO3. The van der Waals surface area contributed by atoms with Gasteiger partial charge in [0.25, 0.3) is 0 Å². The average Bonchev–Trinajstić information content (AvgIpc) is 3.44. The third kappa shape index (κ3) is 3.66. The van der Waals surface area contributed by atoms with Crippen molar-refractivity contribution in [3.05, 3.63) is 53.1 Å². The van der Waals surface area contributed by atoms with Gasteiger partial charge in [0.15, 0.2) is 0 Å². The largest absolute Gasteiger partial charge is 0.489 e. The van der Waals surface area contributed by atoms with Gasteiger partial charge in [0.2, 0.25) is 0 Å². The monoisotopic (exact) mass is 365 g/mol. The molecule has 1 aliphatic carbocycles. The SMILES string of the molecule is Cc1ccc2c(c1C1CC1)OCCN2c1ccc(C(=O)OC(C)(C)C)cc1. The predicted octanol–water partition coefficient (Wildman–Crippen LogP) is 5.36. The second-order valence-electron chi connectivity index (χ2n) is 8.47. The number of fused-ring (bicyclic) bond motifs is 1. The molecule has 4 nitrogen and oxygen atoms in total. The van der Waals surface area contributed by atoms with Gasteiger partial charge in [-0.25, -0.2) is 4.79 Å². The first-order valence-electron chi connectivity index (χ1n) is 9.71. The summed E-state index contributed by atoms with van der Waals surface area (Å²) in [6, 6.07) is 12.0. The van der Waals surface area contributed by atoms with E-state index in [2.05, 4.69) is 24.0 Å². The van der Waals surface area contributed by atoms with E-state index in [4.69, 9.17) is 9.47 Å². The van der Waals surface area contributed by atoms with Crippen molar-refractivity contribution in [2.75, 3.05) is 18.1 Å². The molecule has 1 saturated carbocycles. The van der Waals surface area contributed by atoms with E-state index in [1.54, 1.807) is 0 Å². The highest BCUT2D eigenvalue weighted by Crippen LogP contribution is 2.50. The van der Waals surface area contributed by atoms with E-state index in [1.807, 2.05) is 45.0 Å². The van der Waals surface area contributed by atoms with Crippen LogP contribution in [0.3, 0.4) is 0 Å². The fourth-order valence-corrected chi connectivity index (χ4v) is 3.67. The molecule has 0 unspecified atom stereocenters. The van der Waals surface area contributed by atoms with Gasteiger partial charge in [0.05, 0.1) is 17.8 Å². The number of rotatable bonds is 3. The zero-order valence-corrected chi connectivity index (χ0v) is 16.5. The summed E-state index contributed by atoms with van der Waals surface area (Å²) in [5.74, 6) is 1.40. The third-order valence-corrected chi connectivity index (χ3v) is 5.04. The molecule has 4 heteroatoms. The first-order chi connectivity index (χ1) is 12.8. The smallest absolute Gasteiger partial charge is 0.338 e. The van der Waals surface area contributed by atoms with Crippen LogP contribution in [0.2, 0.25) is 0 Å². The molecule has 0 radical (unpaired) electrons. The van der Waals surface area contributed by atoms with Crippen LogP contribution in [0.4, 0.5) is 11.4 Å². The molecule has 0 spiro atoms. The Morgan fingerprint density at radius 2 is 1.81 bits per heavy atom. The van der Waals surface area contributed by atoms with E-state index in [-0.39, 0.29) is 5.97 Å². The molecule has 0 amide bonds. The molecule has 2 aromatic rings. The van der Waals surface area contributed by atoms with E-state index >= 15 is 0 Å². The van der Waals surface area contributed by atoms with Crippen LogP contribution in [-0.4, -0.2) is 24.7 Å². The van der Waals surface area contributed by atoms with Crippen molar-refractivity contribution in [3.63, 3.8) is 0 Å². The number of carbonyl (C=O) groups excluding carboxylic acids is 1. The number of ether oxygens (including phenoxy) is 2. The molecular weight excluding hydrogens is 338 g/mol. The van der Waals surface area contributed by atoms with Crippen LogP contribution in [0.25, 0.3) is 0 Å². The molecule has 0 N–H and O–H groups in total. The summed E-state index contributed by atoms with van der Waals surface area (Å²) in [5, 5.41) is 0. The summed E-state index contributed by atoms with van der Waals surface area (Å²) in [5.41, 5.74) is 4.97. The van der Waals surface area contributed by atoms with E-state index in [0.29, 0.717) is 18.1 Å². The topological polar surface area (TPSA) is 38.8 Å². The summed E-state index contributed by atoms with van der Waals surface area (Å²) in [6.07, 6.45) is 2.51. The number of anilines is 2. The van der Waals surface area contributed by atoms with E-state index in [9.17, 15) is 4.79 Å². The lowest BCUT2D eigenvalue weighted by molar-refractivity contribution is 0.00695. The molecule has 2 aromatic carbocycles. The Morgan fingerprint density at radius 1 is 1.11 bits per heavy atom. The summed E-state index contributed by atoms with van der Waals surface area (Å²) in [6.45, 7) is 9.28. The van der Waals surface area contributed by atoms with Crippen LogP contribution in [0.1, 0.15) is 61.0 Å². The van der Waals surface area contributed by atoms with E-state index < -0.39 is 5.60 Å². The molecule has 0 bridgehead atoms. The van der Waals surface area contributed by atoms with Crippen LogP contribution >= 0.6 is 0 Å². The van der Waals surface area contributed by atoms with E-state index in [0.717, 1.165) is 23.7 Å². The summed E-state index contributed by atoms with van der Waals surface area (Å²) in [4.78, 5) is 14.5. The van der Waals surface area contributed by atoms with Gasteiger partial charge in [0.1, 0.15) is 18.0 Å². The fraction of sp³-hybridized carbons (Fsp3) is 0.435. The number of hydrogen-bond acceptors (Lipinski definition) is 4. The Labute approximate surface area is 161 Å². The standard InChI is InChI=1S/C23H27NO3/c1-15-5-12-19-21(20(15)16-6-7-16)26-14-13-24(19)18-10-8-17(9-11-18)22(25)27-23(2,3)4/h5,8-12,16H,6-7,13-14H2,1-4H3. The zero-order chi connectivity index (χ0) is 19.2. The van der Waals surface area contributed by atoms with Crippen LogP contribution in [0.5, 0.6) is 5.75 Å². The number of esters is 1. The third-order valence-electron chi connectivity index (χ3n) is 5.04. The van der Waals surface area contributed by atoms with Gasteiger partial charge in [-0.1, -0.05) is 6.07 Å². The fourth-order valence-electron chi connectivity index (χ4n) is 3.67. The van der Waals surface area contributed by atoms with Gasteiger partial charge in [-0.2, -0.15) is 0 Å². The maximum absolute atomic E-state index is 12.3. The number of hydrogen-bond donors (Lipinski definition) is 0. The van der Waals surface area contributed by atoms with Gasteiger partial charge >= 0.3 is 5.97 Å². The Kier molecular flexibility index (Phi) is 4.37. The lowest BCUT2D eigenvalue weighted by atomic mass is 10.00. The maximum atomic E-state index is 12.3. The minimum absolute atomic E-state index is 0.289. The maximum Gasteiger partial charge on any atom is 0.338 e. The zero-order valence-electron chi connectivity index (χ0n) is 16.5. The van der Waals surface area contributed by atoms with Crippen LogP contribution in [-0.2, 0) is 4.74 Å². The molecule has 0 aromatic heterocycles. The lowest BCUT2D eigenvalue weighted by Gasteiger charge is -2.33. The van der Waals surface area contributed by atoms with Gasteiger partial charge < -0.3 is 14.4 Å². The highest BCUT2D eigenvalue weighted by molar-refractivity contribution is 5.90. The van der Waals surface area contributed by atoms with Crippen molar-refractivity contribution in [2.24, 2.45) is 0 Å². The highest BCUT2D eigenvalue weighted by atomic mass is 16.6. The minimum Gasteiger partial charge on any atom is -0.489 e. The van der Waals surface area contributed by atoms with Gasteiger partial charge in [-0.15, -0.1) is 0 Å². The average molecular weight is 365 g/mol. The van der Waals surface area contributed by atoms with Crippen LogP contribution in [0.15, 0.2) is 36.4 Å². The second kappa shape index (κ2) is 6.59. The molecule has 0 saturated heterocycles. The molecule has 1 aliphatic heterocycles. The second-order valence-corrected chi connectivity index (χ2v) is 8.47. The lowest BCUT2D eigenvalue weighted by Crippen LogP contribution is -2.29. The van der Waals surface area contributed by atoms with Crippen molar-refractivity contribution >= 4 is 17.3 Å². The molecule has 4 rings (SSSR count). The number of nitrogens with zero attached hydrogens (tertiary/aromatic N) is 1. The van der Waals surface area contributed by atoms with Crippen molar-refractivity contribution in [1.82, 2.24) is 0 Å². The minimum atomic E-state index is -0.490. The molecule has 0 atom stereocenters. The number of benzene rings is 2. The first kappa shape index (κ1) is 17.9. The normalized spacial score (nSPS) is 16.5. The predicted molar refractivity (Wildman–Crippen MR) is 107 cm³/mol. The molecule has 1 fully saturated rings. The molecule has 1 heterocycles. The Balaban J connectivity index is 1.62. The van der Waals surface area contributed by atoms with Crippen LogP contribution in [0, 0.1) is 6.92 Å². The summed E-state index contributed by atoms with van der Waals surface area (Å²) in [7, 11) is 0. The van der Waals surface area contributed by atoms with Crippen molar-refractivity contribution in [2.45, 2.75) is 52.1 Å². The van der Waals surface area contributed by atoms with Gasteiger partial charge in [-0.05, 0) is 82.3 Å². The summed E-state index contributed by atoms with van der Waals surface area (Å²) >= 11 is 0. The first-order valence-corrected chi connectivity index (χ1v) is 9.71. The molecule has 142 valence electrons. The Bertz CT molecular complexity index is 860. The number of aryl methyl sites for hydroxylation is 1. The van der Waals surface area contributed by atoms with Crippen molar-refractivity contribution in [1.29, 1.82) is 0 Å². The quantitative estimate of drug-likeness (QED) is 0.687. The Hall–Kier alpha value is -2.49. The molecule has 2 aliphatic rings.